The first-order valence-electron chi connectivity index (χ1n) is 12.7. The fourth-order valence-corrected chi connectivity index (χ4v) is 4.43. The molecular weight excluding hydrogens is 516 g/mol. The number of methoxy groups -OCH3 is 1. The van der Waals surface area contributed by atoms with Crippen molar-refractivity contribution in [2.24, 2.45) is 0 Å². The van der Waals surface area contributed by atoms with E-state index in [4.69, 9.17) is 14.2 Å². The number of hydrogen-bond acceptors (Lipinski definition) is 8. The first-order valence-corrected chi connectivity index (χ1v) is 12.7. The van der Waals surface area contributed by atoms with Gasteiger partial charge in [-0.05, 0) is 59.7 Å². The van der Waals surface area contributed by atoms with E-state index in [1.807, 2.05) is 53.8 Å². The predicted octanol–water partition coefficient (Wildman–Crippen LogP) is 2.83. The fourth-order valence-electron chi connectivity index (χ4n) is 4.43. The quantitative estimate of drug-likeness (QED) is 0.311. The second-order valence-corrected chi connectivity index (χ2v) is 9.21. The molecule has 0 spiro atoms. The molecule has 2 heterocycles. The van der Waals surface area contributed by atoms with Gasteiger partial charge in [-0.2, -0.15) is 0 Å². The van der Waals surface area contributed by atoms with E-state index >= 15 is 0 Å². The van der Waals surface area contributed by atoms with Crippen LogP contribution in [0.5, 0.6) is 17.2 Å². The van der Waals surface area contributed by atoms with Crippen LogP contribution in [-0.4, -0.2) is 62.1 Å². The summed E-state index contributed by atoms with van der Waals surface area (Å²) in [6, 6.07) is 19.2. The lowest BCUT2D eigenvalue weighted by Gasteiger charge is -2.28. The minimum atomic E-state index is -0.977. The van der Waals surface area contributed by atoms with Crippen molar-refractivity contribution in [3.63, 3.8) is 0 Å². The molecule has 0 bridgehead atoms. The summed E-state index contributed by atoms with van der Waals surface area (Å²) in [4.78, 5) is 51.2. The van der Waals surface area contributed by atoms with Gasteiger partial charge in [0.2, 0.25) is 0 Å². The SMILES string of the molecule is COc1ccc(CN2C(=O)NC(=O)C2=O)cc1C(=O)NCc1ccc(Oc2ccc(N3CCOCC3)cc2)cc1. The summed E-state index contributed by atoms with van der Waals surface area (Å²) in [5.74, 6) is -0.588. The maximum atomic E-state index is 13.0. The molecule has 0 aliphatic carbocycles. The number of ether oxygens (including phenoxy) is 3. The Balaban J connectivity index is 1.17. The van der Waals surface area contributed by atoms with Crippen molar-refractivity contribution < 1.29 is 33.4 Å². The van der Waals surface area contributed by atoms with Gasteiger partial charge in [0.15, 0.2) is 0 Å². The largest absolute Gasteiger partial charge is 0.496 e. The van der Waals surface area contributed by atoms with Crippen molar-refractivity contribution in [1.29, 1.82) is 0 Å². The van der Waals surface area contributed by atoms with Crippen LogP contribution in [0.15, 0.2) is 66.7 Å². The first kappa shape index (κ1) is 26.7. The second-order valence-electron chi connectivity index (χ2n) is 9.21. The molecular formula is C29H28N4O7. The molecule has 2 N–H and O–H groups in total. The summed E-state index contributed by atoms with van der Waals surface area (Å²) < 4.78 is 16.7. The summed E-state index contributed by atoms with van der Waals surface area (Å²) in [5, 5.41) is 4.80. The monoisotopic (exact) mass is 544 g/mol. The Kier molecular flexibility index (Phi) is 7.92. The molecule has 0 saturated carbocycles. The highest BCUT2D eigenvalue weighted by Crippen LogP contribution is 2.26. The summed E-state index contributed by atoms with van der Waals surface area (Å²) >= 11 is 0. The standard InChI is InChI=1S/C29H28N4O7/c1-38-25-11-4-20(18-33-28(36)27(35)31-29(33)37)16-24(25)26(34)30-17-19-2-7-22(8-3-19)40-23-9-5-21(6-10-23)32-12-14-39-15-13-32/h2-11,16H,12-15,17-18H2,1H3,(H,30,34)(H,31,35,37). The van der Waals surface area contributed by atoms with Gasteiger partial charge in [-0.1, -0.05) is 18.2 Å². The second kappa shape index (κ2) is 11.9. The van der Waals surface area contributed by atoms with E-state index < -0.39 is 23.8 Å². The number of hydrogen-bond donors (Lipinski definition) is 2. The third-order valence-electron chi connectivity index (χ3n) is 6.58. The summed E-state index contributed by atoms with van der Waals surface area (Å²) in [5.41, 5.74) is 2.72. The van der Waals surface area contributed by atoms with Gasteiger partial charge in [-0.3, -0.25) is 24.6 Å². The zero-order valence-corrected chi connectivity index (χ0v) is 21.8. The predicted molar refractivity (Wildman–Crippen MR) is 144 cm³/mol. The topological polar surface area (TPSA) is 127 Å². The number of urea groups is 1. The smallest absolute Gasteiger partial charge is 0.331 e. The van der Waals surface area contributed by atoms with E-state index in [0.717, 1.165) is 48.2 Å². The molecule has 2 saturated heterocycles. The van der Waals surface area contributed by atoms with Crippen molar-refractivity contribution in [2.75, 3.05) is 38.3 Å². The number of rotatable bonds is 9. The van der Waals surface area contributed by atoms with Crippen molar-refractivity contribution in [3.8, 4) is 17.2 Å². The Morgan fingerprint density at radius 2 is 1.57 bits per heavy atom. The van der Waals surface area contributed by atoms with Crippen LogP contribution < -0.4 is 25.0 Å². The van der Waals surface area contributed by atoms with Crippen LogP contribution in [0.4, 0.5) is 10.5 Å². The molecule has 5 rings (SSSR count). The molecule has 2 aliphatic heterocycles. The van der Waals surface area contributed by atoms with E-state index in [9.17, 15) is 19.2 Å². The lowest BCUT2D eigenvalue weighted by molar-refractivity contribution is -0.140. The third kappa shape index (κ3) is 6.05. The number of benzene rings is 3. The van der Waals surface area contributed by atoms with E-state index in [-0.39, 0.29) is 18.7 Å². The van der Waals surface area contributed by atoms with Crippen LogP contribution >= 0.6 is 0 Å². The van der Waals surface area contributed by atoms with Gasteiger partial charge in [-0.25, -0.2) is 4.79 Å². The van der Waals surface area contributed by atoms with E-state index in [2.05, 4.69) is 10.2 Å². The molecule has 0 atom stereocenters. The lowest BCUT2D eigenvalue weighted by atomic mass is 10.1. The highest BCUT2D eigenvalue weighted by molar-refractivity contribution is 6.44. The lowest BCUT2D eigenvalue weighted by Crippen LogP contribution is -2.36. The minimum absolute atomic E-state index is 0.155. The Morgan fingerprint density at radius 3 is 2.20 bits per heavy atom. The maximum absolute atomic E-state index is 13.0. The number of imide groups is 2. The molecule has 3 aromatic carbocycles. The highest BCUT2D eigenvalue weighted by atomic mass is 16.5. The van der Waals surface area contributed by atoms with Crippen LogP contribution in [0, 0.1) is 0 Å². The van der Waals surface area contributed by atoms with E-state index in [1.165, 1.54) is 13.2 Å². The molecule has 11 nitrogen and oxygen atoms in total. The van der Waals surface area contributed by atoms with E-state index in [1.54, 1.807) is 12.1 Å². The number of nitrogens with zero attached hydrogens (tertiary/aromatic N) is 2. The van der Waals surface area contributed by atoms with Gasteiger partial charge in [0.25, 0.3) is 5.91 Å². The molecule has 40 heavy (non-hydrogen) atoms. The van der Waals surface area contributed by atoms with Crippen molar-refractivity contribution in [1.82, 2.24) is 15.5 Å². The number of carbonyl (C=O) groups excluding carboxylic acids is 4. The molecule has 0 unspecified atom stereocenters. The number of morpholine rings is 1. The van der Waals surface area contributed by atoms with Gasteiger partial charge in [-0.15, -0.1) is 0 Å². The van der Waals surface area contributed by atoms with Gasteiger partial charge >= 0.3 is 17.8 Å². The average molecular weight is 545 g/mol. The Bertz CT molecular complexity index is 1420. The number of nitrogens with one attached hydrogen (secondary N) is 2. The van der Waals surface area contributed by atoms with Gasteiger partial charge in [0.1, 0.15) is 17.2 Å². The Labute approximate surface area is 230 Å². The molecule has 2 fully saturated rings. The number of amides is 5. The van der Waals surface area contributed by atoms with Gasteiger partial charge < -0.3 is 24.4 Å². The normalized spacial score (nSPS) is 15.2. The third-order valence-corrected chi connectivity index (χ3v) is 6.58. The molecule has 206 valence electrons. The van der Waals surface area contributed by atoms with Crippen molar-refractivity contribution >= 4 is 29.4 Å². The summed E-state index contributed by atoms with van der Waals surface area (Å²) in [6.07, 6.45) is 0. The first-order chi connectivity index (χ1) is 19.4. The Morgan fingerprint density at radius 1 is 0.925 bits per heavy atom. The van der Waals surface area contributed by atoms with Crippen molar-refractivity contribution in [2.45, 2.75) is 13.1 Å². The minimum Gasteiger partial charge on any atom is -0.496 e. The number of carbonyl (C=O) groups is 4. The number of anilines is 1. The van der Waals surface area contributed by atoms with Crippen LogP contribution in [-0.2, 0) is 27.4 Å². The maximum Gasteiger partial charge on any atom is 0.331 e. The molecule has 0 radical (unpaired) electrons. The van der Waals surface area contributed by atoms with E-state index in [0.29, 0.717) is 17.1 Å². The summed E-state index contributed by atoms with van der Waals surface area (Å²) in [7, 11) is 1.44. The highest BCUT2D eigenvalue weighted by Gasteiger charge is 2.36. The summed E-state index contributed by atoms with van der Waals surface area (Å²) in [6.45, 7) is 3.30. The fraction of sp³-hybridized carbons (Fsp3) is 0.241. The molecule has 11 heteroatoms. The van der Waals surface area contributed by atoms with Crippen molar-refractivity contribution in [3.05, 3.63) is 83.4 Å². The van der Waals surface area contributed by atoms with Crippen LogP contribution in [0.3, 0.4) is 0 Å². The zero-order valence-electron chi connectivity index (χ0n) is 21.8. The molecule has 2 aliphatic rings. The van der Waals surface area contributed by atoms with Crippen LogP contribution in [0.25, 0.3) is 0 Å². The molecule has 5 amide bonds. The van der Waals surface area contributed by atoms with Crippen LogP contribution in [0.2, 0.25) is 0 Å². The zero-order chi connectivity index (χ0) is 28.1. The molecule has 0 aromatic heterocycles. The average Bonchev–Trinajstić information content (AvgIpc) is 3.23. The van der Waals surface area contributed by atoms with Gasteiger partial charge in [0.05, 0.1) is 32.4 Å². The Hall–Kier alpha value is -4.90. The van der Waals surface area contributed by atoms with Gasteiger partial charge in [0, 0.05) is 25.3 Å². The van der Waals surface area contributed by atoms with Crippen LogP contribution in [0.1, 0.15) is 21.5 Å². The molecule has 3 aromatic rings.